The largest absolute Gasteiger partial charge is 0.493 e. The minimum atomic E-state index is -3.87. The van der Waals surface area contributed by atoms with Gasteiger partial charge in [0.2, 0.25) is 10.0 Å². The van der Waals surface area contributed by atoms with E-state index in [9.17, 15) is 18.0 Å². The molecule has 150 valence electrons. The maximum atomic E-state index is 12.2. The van der Waals surface area contributed by atoms with Crippen LogP contribution in [0.2, 0.25) is 0 Å². The number of carbonyl (C=O) groups excluding carboxylic acids is 2. The van der Waals surface area contributed by atoms with Crippen LogP contribution in [0.15, 0.2) is 53.4 Å². The second kappa shape index (κ2) is 9.20. The summed E-state index contributed by atoms with van der Waals surface area (Å²) in [7, 11) is -0.966. The lowest BCUT2D eigenvalue weighted by Crippen LogP contribution is -2.51. The quantitative estimate of drug-likeness (QED) is 0.585. The van der Waals surface area contributed by atoms with Crippen molar-refractivity contribution in [2.24, 2.45) is 0 Å². The van der Waals surface area contributed by atoms with Crippen LogP contribution in [0.1, 0.15) is 17.3 Å². The normalized spacial score (nSPS) is 12.0. The van der Waals surface area contributed by atoms with E-state index in [1.54, 1.807) is 24.3 Å². The molecule has 0 saturated heterocycles. The molecule has 10 heteroatoms. The van der Waals surface area contributed by atoms with Crippen LogP contribution in [-0.4, -0.2) is 40.5 Å². The van der Waals surface area contributed by atoms with Gasteiger partial charge in [-0.25, -0.2) is 8.42 Å². The van der Waals surface area contributed by atoms with Gasteiger partial charge in [-0.15, -0.1) is 0 Å². The van der Waals surface area contributed by atoms with Gasteiger partial charge in [0.15, 0.2) is 11.5 Å². The van der Waals surface area contributed by atoms with Crippen LogP contribution in [-0.2, 0) is 14.8 Å². The first-order valence-electron chi connectivity index (χ1n) is 8.18. The molecule has 0 aliphatic heterocycles. The highest BCUT2D eigenvalue weighted by Gasteiger charge is 2.22. The average Bonchev–Trinajstić information content (AvgIpc) is 2.71. The molecule has 2 aromatic carbocycles. The van der Waals surface area contributed by atoms with E-state index in [4.69, 9.17) is 9.47 Å². The van der Waals surface area contributed by atoms with Crippen LogP contribution in [0.5, 0.6) is 11.5 Å². The predicted molar refractivity (Wildman–Crippen MR) is 101 cm³/mol. The van der Waals surface area contributed by atoms with E-state index in [-0.39, 0.29) is 10.5 Å². The Bertz CT molecular complexity index is 947. The van der Waals surface area contributed by atoms with Gasteiger partial charge in [-0.3, -0.25) is 20.4 Å². The third kappa shape index (κ3) is 5.21. The number of hydrogen-bond acceptors (Lipinski definition) is 6. The Kier molecular flexibility index (Phi) is 6.96. The summed E-state index contributed by atoms with van der Waals surface area (Å²) >= 11 is 0. The third-order valence-electron chi connectivity index (χ3n) is 3.72. The minimum absolute atomic E-state index is 0.0315. The molecule has 0 spiro atoms. The molecule has 3 N–H and O–H groups in total. The molecule has 28 heavy (non-hydrogen) atoms. The first kappa shape index (κ1) is 21.2. The SMILES string of the molecule is COc1ccc(C(=O)NNC(=O)[C@H](C)NS(=O)(=O)c2ccccc2)cc1OC. The summed E-state index contributed by atoms with van der Waals surface area (Å²) in [5, 5.41) is 0. The molecule has 0 aliphatic rings. The van der Waals surface area contributed by atoms with E-state index in [1.807, 2.05) is 0 Å². The van der Waals surface area contributed by atoms with Crippen molar-refractivity contribution in [1.29, 1.82) is 0 Å². The molecule has 0 aliphatic carbocycles. The highest BCUT2D eigenvalue weighted by molar-refractivity contribution is 7.89. The summed E-state index contributed by atoms with van der Waals surface area (Å²) in [4.78, 5) is 24.3. The second-order valence-electron chi connectivity index (χ2n) is 5.67. The number of ether oxygens (including phenoxy) is 2. The van der Waals surface area contributed by atoms with Gasteiger partial charge in [-0.2, -0.15) is 4.72 Å². The Balaban J connectivity index is 1.97. The molecule has 0 radical (unpaired) electrons. The molecular weight excluding hydrogens is 386 g/mol. The van der Waals surface area contributed by atoms with Gasteiger partial charge in [-0.1, -0.05) is 18.2 Å². The van der Waals surface area contributed by atoms with Crippen molar-refractivity contribution < 1.29 is 27.5 Å². The van der Waals surface area contributed by atoms with E-state index in [0.717, 1.165) is 0 Å². The molecule has 0 saturated carbocycles. The van der Waals surface area contributed by atoms with Crippen LogP contribution in [0.25, 0.3) is 0 Å². The van der Waals surface area contributed by atoms with Gasteiger partial charge in [0.1, 0.15) is 0 Å². The number of amides is 2. The molecule has 9 nitrogen and oxygen atoms in total. The zero-order valence-corrected chi connectivity index (χ0v) is 16.4. The van der Waals surface area contributed by atoms with Gasteiger partial charge < -0.3 is 9.47 Å². The Morgan fingerprint density at radius 3 is 2.18 bits per heavy atom. The molecule has 2 aromatic rings. The molecule has 2 rings (SSSR count). The molecule has 0 bridgehead atoms. The first-order chi connectivity index (χ1) is 13.3. The third-order valence-corrected chi connectivity index (χ3v) is 5.28. The number of rotatable bonds is 7. The predicted octanol–water partition coefficient (Wildman–Crippen LogP) is 0.832. The summed E-state index contributed by atoms with van der Waals surface area (Å²) in [6, 6.07) is 11.0. The fourth-order valence-corrected chi connectivity index (χ4v) is 3.45. The van der Waals surface area contributed by atoms with E-state index in [2.05, 4.69) is 15.6 Å². The van der Waals surface area contributed by atoms with E-state index >= 15 is 0 Å². The number of carbonyl (C=O) groups is 2. The molecular formula is C18H21N3O6S. The lowest BCUT2D eigenvalue weighted by molar-refractivity contribution is -0.123. The number of hydrazine groups is 1. The fourth-order valence-electron chi connectivity index (χ4n) is 2.23. The second-order valence-corrected chi connectivity index (χ2v) is 7.38. The molecule has 0 aromatic heterocycles. The van der Waals surface area contributed by atoms with E-state index in [0.29, 0.717) is 11.5 Å². The van der Waals surface area contributed by atoms with E-state index in [1.165, 1.54) is 45.4 Å². The van der Waals surface area contributed by atoms with Crippen molar-refractivity contribution >= 4 is 21.8 Å². The van der Waals surface area contributed by atoms with Crippen LogP contribution >= 0.6 is 0 Å². The molecule has 1 atom stereocenters. The van der Waals surface area contributed by atoms with Crippen LogP contribution in [0.3, 0.4) is 0 Å². The van der Waals surface area contributed by atoms with Gasteiger partial charge in [0.25, 0.3) is 11.8 Å². The van der Waals surface area contributed by atoms with Crippen molar-refractivity contribution in [2.45, 2.75) is 17.9 Å². The van der Waals surface area contributed by atoms with Crippen molar-refractivity contribution in [3.8, 4) is 11.5 Å². The summed E-state index contributed by atoms with van der Waals surface area (Å²) in [5.74, 6) is -0.529. The highest BCUT2D eigenvalue weighted by Crippen LogP contribution is 2.27. The monoisotopic (exact) mass is 407 g/mol. The summed E-state index contributed by atoms with van der Waals surface area (Å²) in [6.45, 7) is 1.36. The minimum Gasteiger partial charge on any atom is -0.493 e. The Hall–Kier alpha value is -3.11. The fraction of sp³-hybridized carbons (Fsp3) is 0.222. The summed E-state index contributed by atoms with van der Waals surface area (Å²) < 4.78 is 36.9. The van der Waals surface area contributed by atoms with Crippen LogP contribution in [0, 0.1) is 0 Å². The van der Waals surface area contributed by atoms with Crippen molar-refractivity contribution in [1.82, 2.24) is 15.6 Å². The average molecular weight is 407 g/mol. The zero-order chi connectivity index (χ0) is 20.7. The van der Waals surface area contributed by atoms with Gasteiger partial charge >= 0.3 is 0 Å². The topological polar surface area (TPSA) is 123 Å². The number of sulfonamides is 1. The molecule has 0 unspecified atom stereocenters. The maximum Gasteiger partial charge on any atom is 0.269 e. The Morgan fingerprint density at radius 2 is 1.57 bits per heavy atom. The van der Waals surface area contributed by atoms with Gasteiger partial charge in [0, 0.05) is 5.56 Å². The lowest BCUT2D eigenvalue weighted by Gasteiger charge is -2.15. The zero-order valence-electron chi connectivity index (χ0n) is 15.6. The van der Waals surface area contributed by atoms with Crippen molar-refractivity contribution in [3.05, 3.63) is 54.1 Å². The van der Waals surface area contributed by atoms with Crippen molar-refractivity contribution in [3.63, 3.8) is 0 Å². The first-order valence-corrected chi connectivity index (χ1v) is 9.66. The number of benzene rings is 2. The van der Waals surface area contributed by atoms with E-state index < -0.39 is 27.9 Å². The number of hydrogen-bond donors (Lipinski definition) is 3. The molecule has 0 heterocycles. The molecule has 2 amide bonds. The highest BCUT2D eigenvalue weighted by atomic mass is 32.2. The Morgan fingerprint density at radius 1 is 0.929 bits per heavy atom. The summed E-state index contributed by atoms with van der Waals surface area (Å²) in [5.41, 5.74) is 4.63. The van der Waals surface area contributed by atoms with Gasteiger partial charge in [0.05, 0.1) is 25.2 Å². The Labute approximate surface area is 163 Å². The van der Waals surface area contributed by atoms with Crippen LogP contribution < -0.4 is 25.0 Å². The molecule has 0 fully saturated rings. The van der Waals surface area contributed by atoms with Crippen molar-refractivity contribution in [2.75, 3.05) is 14.2 Å². The van der Waals surface area contributed by atoms with Crippen LogP contribution in [0.4, 0.5) is 0 Å². The van der Waals surface area contributed by atoms with Gasteiger partial charge in [-0.05, 0) is 37.3 Å². The lowest BCUT2D eigenvalue weighted by atomic mass is 10.2. The smallest absolute Gasteiger partial charge is 0.269 e. The standard InChI is InChI=1S/C18H21N3O6S/c1-12(21-28(24,25)14-7-5-4-6-8-14)17(22)19-20-18(23)13-9-10-15(26-2)16(11-13)27-3/h4-12,21H,1-3H3,(H,19,22)(H,20,23)/t12-/m0/s1. The number of methoxy groups -OCH3 is 2. The summed E-state index contributed by atoms with van der Waals surface area (Å²) in [6.07, 6.45) is 0. The number of nitrogens with one attached hydrogen (secondary N) is 3. The maximum absolute atomic E-state index is 12.2.